The first-order chi connectivity index (χ1) is 7.75. The van der Waals surface area contributed by atoms with Crippen molar-refractivity contribution in [2.45, 2.75) is 6.92 Å². The summed E-state index contributed by atoms with van der Waals surface area (Å²) in [6.45, 7) is 1.86. The van der Waals surface area contributed by atoms with E-state index in [2.05, 4.69) is 20.3 Å². The van der Waals surface area contributed by atoms with E-state index in [0.29, 0.717) is 5.82 Å². The maximum absolute atomic E-state index is 11.7. The van der Waals surface area contributed by atoms with E-state index < -0.39 is 0 Å². The minimum atomic E-state index is -0.314. The largest absolute Gasteiger partial charge is 0.305 e. The van der Waals surface area contributed by atoms with Crippen LogP contribution in [0.15, 0.2) is 36.8 Å². The molecule has 2 aromatic rings. The van der Waals surface area contributed by atoms with Crippen LogP contribution in [0, 0.1) is 6.92 Å². The number of aromatic nitrogens is 3. The molecule has 2 rings (SSSR count). The number of nitrogens with zero attached hydrogens (tertiary/aromatic N) is 3. The summed E-state index contributed by atoms with van der Waals surface area (Å²) < 4.78 is 0. The lowest BCUT2D eigenvalue weighted by molar-refractivity contribution is 0.102. The standard InChI is InChI=1S/C11H10N4O/c1-8-3-2-4-10(14-8)15-11(16)9-7-12-5-6-13-9/h2-7H,1H3,(H,14,15,16). The van der Waals surface area contributed by atoms with Crippen molar-refractivity contribution in [3.8, 4) is 0 Å². The van der Waals surface area contributed by atoms with Crippen molar-refractivity contribution in [2.75, 3.05) is 5.32 Å². The number of carbonyl (C=O) groups excluding carboxylic acids is 1. The Morgan fingerprint density at radius 3 is 2.88 bits per heavy atom. The molecule has 0 unspecified atom stereocenters. The number of hydrogen-bond donors (Lipinski definition) is 1. The van der Waals surface area contributed by atoms with Crippen LogP contribution in [0.25, 0.3) is 0 Å². The van der Waals surface area contributed by atoms with E-state index in [9.17, 15) is 4.79 Å². The first-order valence-corrected chi connectivity index (χ1v) is 4.77. The summed E-state index contributed by atoms with van der Waals surface area (Å²) in [6.07, 6.45) is 4.39. The van der Waals surface area contributed by atoms with Crippen molar-refractivity contribution in [1.82, 2.24) is 15.0 Å². The second-order valence-corrected chi connectivity index (χ2v) is 3.21. The zero-order chi connectivity index (χ0) is 11.4. The monoisotopic (exact) mass is 214 g/mol. The zero-order valence-corrected chi connectivity index (χ0v) is 8.71. The molecule has 0 fully saturated rings. The number of aryl methyl sites for hydroxylation is 1. The molecule has 0 aliphatic heterocycles. The lowest BCUT2D eigenvalue weighted by Crippen LogP contribution is -2.14. The predicted octanol–water partition coefficient (Wildman–Crippen LogP) is 1.43. The van der Waals surface area contributed by atoms with Gasteiger partial charge in [-0.05, 0) is 19.1 Å². The lowest BCUT2D eigenvalue weighted by Gasteiger charge is -2.03. The molecule has 5 nitrogen and oxygen atoms in total. The van der Waals surface area contributed by atoms with E-state index >= 15 is 0 Å². The SMILES string of the molecule is Cc1cccc(NC(=O)c2cnccn2)n1. The summed E-state index contributed by atoms with van der Waals surface area (Å²) in [5.41, 5.74) is 1.11. The number of rotatable bonds is 2. The molecule has 0 saturated carbocycles. The summed E-state index contributed by atoms with van der Waals surface area (Å²) in [7, 11) is 0. The van der Waals surface area contributed by atoms with E-state index in [-0.39, 0.29) is 11.6 Å². The highest BCUT2D eigenvalue weighted by Crippen LogP contribution is 2.05. The molecule has 2 heterocycles. The number of amides is 1. The predicted molar refractivity (Wildman–Crippen MR) is 59.0 cm³/mol. The van der Waals surface area contributed by atoms with Gasteiger partial charge in [0.1, 0.15) is 11.5 Å². The van der Waals surface area contributed by atoms with E-state index in [1.54, 1.807) is 6.07 Å². The summed E-state index contributed by atoms with van der Waals surface area (Å²) in [6, 6.07) is 5.41. The molecule has 0 aromatic carbocycles. The normalized spacial score (nSPS) is 9.81. The smallest absolute Gasteiger partial charge is 0.277 e. The van der Waals surface area contributed by atoms with Crippen LogP contribution in [-0.4, -0.2) is 20.9 Å². The van der Waals surface area contributed by atoms with Crippen molar-refractivity contribution in [2.24, 2.45) is 0 Å². The summed E-state index contributed by atoms with van der Waals surface area (Å²) in [5, 5.41) is 2.65. The third-order valence-corrected chi connectivity index (χ3v) is 1.93. The van der Waals surface area contributed by atoms with Crippen LogP contribution in [0.1, 0.15) is 16.2 Å². The molecule has 0 bridgehead atoms. The van der Waals surface area contributed by atoms with E-state index in [4.69, 9.17) is 0 Å². The molecule has 1 N–H and O–H groups in total. The molecular weight excluding hydrogens is 204 g/mol. The van der Waals surface area contributed by atoms with Gasteiger partial charge in [0.15, 0.2) is 0 Å². The molecule has 0 saturated heterocycles. The molecule has 5 heteroatoms. The molecular formula is C11H10N4O. The van der Waals surface area contributed by atoms with Gasteiger partial charge in [-0.25, -0.2) is 9.97 Å². The van der Waals surface area contributed by atoms with Crippen LogP contribution < -0.4 is 5.32 Å². The van der Waals surface area contributed by atoms with Gasteiger partial charge in [0.2, 0.25) is 0 Å². The molecule has 1 amide bonds. The summed E-state index contributed by atoms with van der Waals surface area (Å²) in [4.78, 5) is 23.5. The number of nitrogens with one attached hydrogen (secondary N) is 1. The summed E-state index contributed by atoms with van der Waals surface area (Å²) >= 11 is 0. The first kappa shape index (κ1) is 10.2. The highest BCUT2D eigenvalue weighted by Gasteiger charge is 2.07. The first-order valence-electron chi connectivity index (χ1n) is 4.77. The third-order valence-electron chi connectivity index (χ3n) is 1.93. The molecule has 0 radical (unpaired) electrons. The Morgan fingerprint density at radius 1 is 1.31 bits per heavy atom. The van der Waals surface area contributed by atoms with E-state index in [1.165, 1.54) is 18.6 Å². The maximum atomic E-state index is 11.7. The molecule has 0 aliphatic rings. The maximum Gasteiger partial charge on any atom is 0.277 e. The van der Waals surface area contributed by atoms with Gasteiger partial charge in [0.05, 0.1) is 6.20 Å². The van der Waals surface area contributed by atoms with Gasteiger partial charge in [0.25, 0.3) is 5.91 Å². The number of carbonyl (C=O) groups is 1. The number of anilines is 1. The fourth-order valence-electron chi connectivity index (χ4n) is 1.21. The van der Waals surface area contributed by atoms with Gasteiger partial charge >= 0.3 is 0 Å². The molecule has 0 atom stereocenters. The van der Waals surface area contributed by atoms with Gasteiger partial charge in [-0.3, -0.25) is 9.78 Å². The summed E-state index contributed by atoms with van der Waals surface area (Å²) in [5.74, 6) is 0.196. The van der Waals surface area contributed by atoms with Crippen molar-refractivity contribution < 1.29 is 4.79 Å². The molecule has 16 heavy (non-hydrogen) atoms. The third kappa shape index (κ3) is 2.38. The molecule has 2 aromatic heterocycles. The van der Waals surface area contributed by atoms with Crippen LogP contribution in [0.2, 0.25) is 0 Å². The van der Waals surface area contributed by atoms with Crippen molar-refractivity contribution >= 4 is 11.7 Å². The fourth-order valence-corrected chi connectivity index (χ4v) is 1.21. The van der Waals surface area contributed by atoms with Gasteiger partial charge in [-0.15, -0.1) is 0 Å². The van der Waals surface area contributed by atoms with Crippen LogP contribution in [-0.2, 0) is 0 Å². The van der Waals surface area contributed by atoms with Gasteiger partial charge in [-0.2, -0.15) is 0 Å². The average molecular weight is 214 g/mol. The van der Waals surface area contributed by atoms with Crippen LogP contribution >= 0.6 is 0 Å². The highest BCUT2D eigenvalue weighted by atomic mass is 16.1. The van der Waals surface area contributed by atoms with Crippen molar-refractivity contribution in [3.63, 3.8) is 0 Å². The Hall–Kier alpha value is -2.30. The number of hydrogen-bond acceptors (Lipinski definition) is 4. The topological polar surface area (TPSA) is 67.8 Å². The Morgan fingerprint density at radius 2 is 2.19 bits per heavy atom. The lowest BCUT2D eigenvalue weighted by atomic mass is 10.3. The Kier molecular flexibility index (Phi) is 2.86. The van der Waals surface area contributed by atoms with Crippen molar-refractivity contribution in [1.29, 1.82) is 0 Å². The van der Waals surface area contributed by atoms with E-state index in [1.807, 2.05) is 19.1 Å². The van der Waals surface area contributed by atoms with E-state index in [0.717, 1.165) is 5.69 Å². The number of pyridine rings is 1. The quantitative estimate of drug-likeness (QED) is 0.821. The van der Waals surface area contributed by atoms with Crippen LogP contribution in [0.3, 0.4) is 0 Å². The minimum absolute atomic E-state index is 0.269. The fraction of sp³-hybridized carbons (Fsp3) is 0.0909. The van der Waals surface area contributed by atoms with Gasteiger partial charge in [0, 0.05) is 18.1 Å². The average Bonchev–Trinajstić information content (AvgIpc) is 2.30. The molecule has 0 spiro atoms. The molecule has 0 aliphatic carbocycles. The van der Waals surface area contributed by atoms with Crippen LogP contribution in [0.4, 0.5) is 5.82 Å². The van der Waals surface area contributed by atoms with Crippen molar-refractivity contribution in [3.05, 3.63) is 48.2 Å². The zero-order valence-electron chi connectivity index (χ0n) is 8.71. The second kappa shape index (κ2) is 4.48. The van der Waals surface area contributed by atoms with Gasteiger partial charge < -0.3 is 5.32 Å². The van der Waals surface area contributed by atoms with Gasteiger partial charge in [-0.1, -0.05) is 6.07 Å². The Balaban J connectivity index is 2.14. The Labute approximate surface area is 92.6 Å². The molecule has 80 valence electrons. The second-order valence-electron chi connectivity index (χ2n) is 3.21. The minimum Gasteiger partial charge on any atom is -0.305 e. The highest BCUT2D eigenvalue weighted by molar-refractivity contribution is 6.02. The van der Waals surface area contributed by atoms with Crippen LogP contribution in [0.5, 0.6) is 0 Å². The Bertz CT molecular complexity index is 498.